The van der Waals surface area contributed by atoms with Gasteiger partial charge in [0.15, 0.2) is 18.4 Å². The van der Waals surface area contributed by atoms with Crippen LogP contribution in [-0.2, 0) is 47.5 Å². The second-order valence-electron chi connectivity index (χ2n) is 16.6. The monoisotopic (exact) mass is 755 g/mol. The molecule has 302 valence electrons. The summed E-state index contributed by atoms with van der Waals surface area (Å²) in [6, 6.07) is 0.322. The maximum atomic E-state index is 14.7. The fourth-order valence-electron chi connectivity index (χ4n) is 10.4. The van der Waals surface area contributed by atoms with Crippen LogP contribution in [0.25, 0.3) is 0 Å². The number of Topliss-reactive ketones (excluding diaryl/α,β-unsaturated/α-hetero) is 1. The lowest BCUT2D eigenvalue weighted by Gasteiger charge is -2.44. The van der Waals surface area contributed by atoms with Gasteiger partial charge in [-0.05, 0) is 108 Å². The number of rotatable bonds is 10. The molecule has 11 heteroatoms. The maximum absolute atomic E-state index is 14.7. The lowest BCUT2D eigenvalue weighted by atomic mass is 9.70. The molecule has 54 heavy (non-hydrogen) atoms. The number of cyclic esters (lactones) is 1. The second kappa shape index (κ2) is 18.4. The molecule has 6 aliphatic rings. The molecule has 0 unspecified atom stereocenters. The molecule has 0 radical (unpaired) electrons. The maximum Gasteiger partial charge on any atom is 0.307 e. The minimum atomic E-state index is -0.606. The highest BCUT2D eigenvalue weighted by molar-refractivity contribution is 5.99. The Bertz CT molecular complexity index is 1400. The Morgan fingerprint density at radius 1 is 0.852 bits per heavy atom. The average molecular weight is 756 g/mol. The van der Waals surface area contributed by atoms with Gasteiger partial charge in [-0.15, -0.1) is 0 Å². The first-order chi connectivity index (χ1) is 26.0. The van der Waals surface area contributed by atoms with Crippen molar-refractivity contribution in [2.75, 3.05) is 35.4 Å². The highest BCUT2D eigenvalue weighted by Crippen LogP contribution is 2.54. The zero-order chi connectivity index (χ0) is 38.7. The molecule has 3 aliphatic heterocycles. The second-order valence-corrected chi connectivity index (χ2v) is 16.6. The van der Waals surface area contributed by atoms with Gasteiger partial charge in [0.25, 0.3) is 0 Å². The van der Waals surface area contributed by atoms with Crippen molar-refractivity contribution < 1.29 is 47.5 Å². The Labute approximate surface area is 322 Å². The highest BCUT2D eigenvalue weighted by atomic mass is 16.7. The summed E-state index contributed by atoms with van der Waals surface area (Å²) in [6.07, 6.45) is 14.7. The molecule has 11 nitrogen and oxygen atoms in total. The quantitative estimate of drug-likeness (QED) is 0.153. The standard InChI is InChI=1S/C43H65NO10/c1-10-11-13-28-14-12-15-36(54-38-19-18-35(44(5)6)25(3)50-38)24(2)39(46)34-22-32-30(33(34)23-37(45)52-28)17-16-27-20-29(21-31(27)32)53-43-42(49-9)41(48-8)40(47-7)26(4)51-43/h10-11,13,16-17,22,24-33,35-36,38,40-43H,1,12,14-15,18-21,23H2,2-9H3/b13-11+/t24-,25-,26+,27-,28+,29-,30-,31-,32-,33+,35+,36+,38+,40+,41-,42-,43+/m1/s1. The smallest absolute Gasteiger partial charge is 0.307 e. The molecule has 1 saturated carbocycles. The molecular weight excluding hydrogens is 690 g/mol. The van der Waals surface area contributed by atoms with E-state index in [0.717, 1.165) is 37.7 Å². The third-order valence-corrected chi connectivity index (χ3v) is 13.2. The van der Waals surface area contributed by atoms with Crippen LogP contribution in [0.15, 0.2) is 48.6 Å². The highest BCUT2D eigenvalue weighted by Gasteiger charge is 2.52. The zero-order valence-corrected chi connectivity index (χ0v) is 33.7. The first kappa shape index (κ1) is 41.4. The van der Waals surface area contributed by atoms with Crippen molar-refractivity contribution in [3.63, 3.8) is 0 Å². The number of carbonyl (C=O) groups excluding carboxylic acids is 2. The van der Waals surface area contributed by atoms with Gasteiger partial charge in [0.1, 0.15) is 24.4 Å². The summed E-state index contributed by atoms with van der Waals surface area (Å²) in [5.74, 6) is -0.256. The van der Waals surface area contributed by atoms with Gasteiger partial charge in [-0.2, -0.15) is 0 Å². The summed E-state index contributed by atoms with van der Waals surface area (Å²) in [7, 11) is 9.13. The van der Waals surface area contributed by atoms with E-state index >= 15 is 0 Å². The average Bonchev–Trinajstić information content (AvgIpc) is 3.72. The molecule has 0 amide bonds. The minimum absolute atomic E-state index is 0.0108. The summed E-state index contributed by atoms with van der Waals surface area (Å²) < 4.78 is 49.6. The van der Waals surface area contributed by atoms with E-state index in [4.69, 9.17) is 37.9 Å². The molecule has 3 aliphatic carbocycles. The molecular formula is C43H65NO10. The Balaban J connectivity index is 1.22. The fourth-order valence-corrected chi connectivity index (χ4v) is 10.4. The van der Waals surface area contributed by atoms with E-state index in [9.17, 15) is 9.59 Å². The first-order valence-electron chi connectivity index (χ1n) is 20.3. The predicted octanol–water partition coefficient (Wildman–Crippen LogP) is 5.82. The molecule has 0 aromatic heterocycles. The Morgan fingerprint density at radius 3 is 2.30 bits per heavy atom. The number of hydrogen-bond donors (Lipinski definition) is 0. The molecule has 3 heterocycles. The molecule has 0 aromatic carbocycles. The van der Waals surface area contributed by atoms with Crippen LogP contribution in [0, 0.1) is 35.5 Å². The largest absolute Gasteiger partial charge is 0.458 e. The molecule has 0 aromatic rings. The van der Waals surface area contributed by atoms with Crippen molar-refractivity contribution in [2.24, 2.45) is 35.5 Å². The van der Waals surface area contributed by atoms with Crippen LogP contribution < -0.4 is 0 Å². The fraction of sp³-hybridized carbons (Fsp3) is 0.767. The van der Waals surface area contributed by atoms with Gasteiger partial charge in [0.05, 0.1) is 30.8 Å². The first-order valence-corrected chi connectivity index (χ1v) is 20.3. The van der Waals surface area contributed by atoms with Gasteiger partial charge >= 0.3 is 5.97 Å². The van der Waals surface area contributed by atoms with E-state index in [-0.39, 0.29) is 96.8 Å². The van der Waals surface area contributed by atoms with Crippen molar-refractivity contribution in [1.82, 2.24) is 4.90 Å². The number of hydrogen-bond acceptors (Lipinski definition) is 11. The van der Waals surface area contributed by atoms with E-state index in [2.05, 4.69) is 50.7 Å². The number of nitrogens with zero attached hydrogens (tertiary/aromatic N) is 1. The molecule has 0 spiro atoms. The third kappa shape index (κ3) is 8.84. The molecule has 6 rings (SSSR count). The van der Waals surface area contributed by atoms with Crippen LogP contribution in [0.3, 0.4) is 0 Å². The molecule has 4 fully saturated rings. The summed E-state index contributed by atoms with van der Waals surface area (Å²) in [4.78, 5) is 30.6. The van der Waals surface area contributed by atoms with E-state index < -0.39 is 18.3 Å². The lowest BCUT2D eigenvalue weighted by Crippen LogP contribution is -2.59. The summed E-state index contributed by atoms with van der Waals surface area (Å²) in [5, 5.41) is 0. The molecule has 17 atom stereocenters. The van der Waals surface area contributed by atoms with Crippen molar-refractivity contribution in [2.45, 2.75) is 140 Å². The van der Waals surface area contributed by atoms with Crippen molar-refractivity contribution >= 4 is 11.8 Å². The van der Waals surface area contributed by atoms with Crippen LogP contribution >= 0.6 is 0 Å². The van der Waals surface area contributed by atoms with E-state index in [0.29, 0.717) is 18.9 Å². The van der Waals surface area contributed by atoms with Gasteiger partial charge in [-0.3, -0.25) is 9.59 Å². The number of fused-ring (bicyclic) bond motifs is 5. The van der Waals surface area contributed by atoms with E-state index in [1.165, 1.54) is 0 Å². The van der Waals surface area contributed by atoms with Crippen LogP contribution in [0.4, 0.5) is 0 Å². The normalized spacial score (nSPS) is 44.5. The summed E-state index contributed by atoms with van der Waals surface area (Å²) >= 11 is 0. The van der Waals surface area contributed by atoms with Crippen LogP contribution in [0.1, 0.15) is 72.1 Å². The van der Waals surface area contributed by atoms with Crippen LogP contribution in [0.2, 0.25) is 0 Å². The molecule has 0 N–H and O–H groups in total. The van der Waals surface area contributed by atoms with Gasteiger partial charge < -0.3 is 42.8 Å². The van der Waals surface area contributed by atoms with Crippen molar-refractivity contribution in [3.05, 3.63) is 48.6 Å². The minimum Gasteiger partial charge on any atom is -0.458 e. The molecule has 0 bridgehead atoms. The Hall–Kier alpha value is -2.22. The Morgan fingerprint density at radius 2 is 1.61 bits per heavy atom. The van der Waals surface area contributed by atoms with E-state index in [1.54, 1.807) is 27.4 Å². The van der Waals surface area contributed by atoms with Gasteiger partial charge in [-0.25, -0.2) is 0 Å². The number of carbonyl (C=O) groups is 2. The van der Waals surface area contributed by atoms with Crippen LogP contribution in [0.5, 0.6) is 0 Å². The number of likely N-dealkylation sites (N-methyl/N-ethyl adjacent to an activating group) is 1. The number of ether oxygens (including phenoxy) is 8. The lowest BCUT2D eigenvalue weighted by molar-refractivity contribution is -0.314. The predicted molar refractivity (Wildman–Crippen MR) is 203 cm³/mol. The summed E-state index contributed by atoms with van der Waals surface area (Å²) in [6.45, 7) is 9.88. The number of esters is 1. The van der Waals surface area contributed by atoms with Gasteiger partial charge in [0, 0.05) is 39.2 Å². The summed E-state index contributed by atoms with van der Waals surface area (Å²) in [5.41, 5.74) is 0.736. The number of ketones is 1. The topological polar surface area (TPSA) is 111 Å². The third-order valence-electron chi connectivity index (χ3n) is 13.2. The molecule has 3 saturated heterocycles. The SMILES string of the molecule is C=C/C=C/[C@H]1CCC[C@H](O[C@H]2CC[C@H](N(C)C)[C@@H](C)O2)[C@@H](C)C(=O)C2=C[C@@H]3[C@@H](C=C[C@@H]4C[C@@H](O[C@@H]5O[C@@H](C)[C@H](OC)[C@@H](OC)[C@H]5OC)C[C@@H]34)[C@@H]2CC(=O)O1. The number of methoxy groups -OCH3 is 3. The van der Waals surface area contributed by atoms with Gasteiger partial charge in [-0.1, -0.05) is 43.9 Å². The zero-order valence-electron chi connectivity index (χ0n) is 33.7. The van der Waals surface area contributed by atoms with Crippen molar-refractivity contribution in [1.29, 1.82) is 0 Å². The van der Waals surface area contributed by atoms with E-state index in [1.807, 2.05) is 26.0 Å². The Kier molecular flexibility index (Phi) is 14.1. The van der Waals surface area contributed by atoms with Crippen LogP contribution in [-0.4, -0.2) is 120 Å². The number of allylic oxidation sites excluding steroid dienone is 6. The van der Waals surface area contributed by atoms with Gasteiger partial charge in [0.2, 0.25) is 0 Å². The van der Waals surface area contributed by atoms with Crippen molar-refractivity contribution in [3.8, 4) is 0 Å².